The monoisotopic (exact) mass is 314 g/mol. The van der Waals surface area contributed by atoms with Crippen molar-refractivity contribution < 1.29 is 9.53 Å². The lowest BCUT2D eigenvalue weighted by Crippen LogP contribution is -2.28. The third kappa shape index (κ3) is 2.46. The Morgan fingerprint density at radius 1 is 1.26 bits per heavy atom. The van der Waals surface area contributed by atoms with Crippen molar-refractivity contribution in [3.05, 3.63) is 46.0 Å². The van der Waals surface area contributed by atoms with Gasteiger partial charge < -0.3 is 10.1 Å². The van der Waals surface area contributed by atoms with Gasteiger partial charge in [-0.05, 0) is 24.5 Å². The SMILES string of the molecule is O=C1C[C@@H](c2cccnc2)c2c(n(C3CCOCC3)[nH]c2=O)N1. The number of hydrogen-bond donors (Lipinski definition) is 2. The van der Waals surface area contributed by atoms with Crippen LogP contribution in [0.2, 0.25) is 0 Å². The fourth-order valence-electron chi connectivity index (χ4n) is 3.47. The first kappa shape index (κ1) is 14.2. The summed E-state index contributed by atoms with van der Waals surface area (Å²) in [6.07, 6.45) is 5.32. The molecule has 4 heterocycles. The van der Waals surface area contributed by atoms with Gasteiger partial charge in [0.05, 0.1) is 11.6 Å². The molecule has 1 atom stereocenters. The molecule has 2 aliphatic heterocycles. The number of carbonyl (C=O) groups excluding carboxylic acids is 1. The second kappa shape index (κ2) is 5.66. The largest absolute Gasteiger partial charge is 0.381 e. The maximum Gasteiger partial charge on any atom is 0.270 e. The van der Waals surface area contributed by atoms with Crippen LogP contribution in [-0.4, -0.2) is 33.9 Å². The van der Waals surface area contributed by atoms with E-state index in [9.17, 15) is 9.59 Å². The van der Waals surface area contributed by atoms with E-state index in [1.165, 1.54) is 0 Å². The van der Waals surface area contributed by atoms with E-state index in [1.54, 1.807) is 12.4 Å². The molecule has 7 nitrogen and oxygen atoms in total. The fraction of sp³-hybridized carbons (Fsp3) is 0.438. The molecule has 0 bridgehead atoms. The zero-order valence-corrected chi connectivity index (χ0v) is 12.6. The summed E-state index contributed by atoms with van der Waals surface area (Å²) in [4.78, 5) is 28.8. The molecule has 0 radical (unpaired) electrons. The summed E-state index contributed by atoms with van der Waals surface area (Å²) in [6.45, 7) is 1.33. The molecule has 0 saturated carbocycles. The van der Waals surface area contributed by atoms with Crippen LogP contribution in [0.25, 0.3) is 0 Å². The highest BCUT2D eigenvalue weighted by Crippen LogP contribution is 2.36. The summed E-state index contributed by atoms with van der Waals surface area (Å²) in [6, 6.07) is 3.88. The number of hydrogen-bond acceptors (Lipinski definition) is 4. The van der Waals surface area contributed by atoms with E-state index >= 15 is 0 Å². The summed E-state index contributed by atoms with van der Waals surface area (Å²) >= 11 is 0. The van der Waals surface area contributed by atoms with E-state index in [2.05, 4.69) is 15.4 Å². The van der Waals surface area contributed by atoms with Crippen molar-refractivity contribution in [2.75, 3.05) is 18.5 Å². The lowest BCUT2D eigenvalue weighted by Gasteiger charge is -2.28. The van der Waals surface area contributed by atoms with E-state index < -0.39 is 0 Å². The Morgan fingerprint density at radius 2 is 2.09 bits per heavy atom. The number of nitrogens with one attached hydrogen (secondary N) is 2. The average Bonchev–Trinajstić information content (AvgIpc) is 2.92. The highest BCUT2D eigenvalue weighted by atomic mass is 16.5. The number of aromatic nitrogens is 3. The van der Waals surface area contributed by atoms with Crippen molar-refractivity contribution in [1.82, 2.24) is 14.8 Å². The third-order valence-electron chi connectivity index (χ3n) is 4.60. The molecule has 0 spiro atoms. The minimum atomic E-state index is -0.253. The van der Waals surface area contributed by atoms with Crippen molar-refractivity contribution >= 4 is 11.7 Å². The molecule has 120 valence electrons. The number of pyridine rings is 1. The number of anilines is 1. The van der Waals surface area contributed by atoms with Gasteiger partial charge in [0.1, 0.15) is 5.82 Å². The van der Waals surface area contributed by atoms with E-state index in [-0.39, 0.29) is 29.8 Å². The number of rotatable bonds is 2. The minimum Gasteiger partial charge on any atom is -0.381 e. The molecule has 1 saturated heterocycles. The first-order valence-electron chi connectivity index (χ1n) is 7.86. The van der Waals surface area contributed by atoms with Crippen molar-refractivity contribution in [1.29, 1.82) is 0 Å². The molecule has 4 rings (SSSR count). The Balaban J connectivity index is 1.80. The van der Waals surface area contributed by atoms with Crippen LogP contribution in [0, 0.1) is 0 Å². The summed E-state index contributed by atoms with van der Waals surface area (Å²) in [5.41, 5.74) is 1.38. The molecule has 0 aliphatic carbocycles. The van der Waals surface area contributed by atoms with Crippen molar-refractivity contribution in [2.45, 2.75) is 31.2 Å². The smallest absolute Gasteiger partial charge is 0.270 e. The van der Waals surface area contributed by atoms with Crippen molar-refractivity contribution in [2.24, 2.45) is 0 Å². The molecule has 2 aromatic heterocycles. The number of aromatic amines is 1. The molecule has 7 heteroatoms. The molecule has 0 aromatic carbocycles. The Kier molecular flexibility index (Phi) is 3.49. The van der Waals surface area contributed by atoms with E-state index in [0.717, 1.165) is 18.4 Å². The first-order chi connectivity index (χ1) is 11.2. The van der Waals surface area contributed by atoms with Crippen LogP contribution >= 0.6 is 0 Å². The van der Waals surface area contributed by atoms with Crippen LogP contribution in [0.15, 0.2) is 29.3 Å². The number of nitrogens with zero attached hydrogens (tertiary/aromatic N) is 2. The quantitative estimate of drug-likeness (QED) is 0.877. The molecule has 23 heavy (non-hydrogen) atoms. The number of fused-ring (bicyclic) bond motifs is 1. The van der Waals surface area contributed by atoms with E-state index in [0.29, 0.717) is 24.6 Å². The maximum atomic E-state index is 12.5. The van der Waals surface area contributed by atoms with Crippen LogP contribution in [0.5, 0.6) is 0 Å². The fourth-order valence-corrected chi connectivity index (χ4v) is 3.47. The molecule has 2 N–H and O–H groups in total. The van der Waals surface area contributed by atoms with Gasteiger partial charge in [0, 0.05) is 37.9 Å². The predicted octanol–water partition coefficient (Wildman–Crippen LogP) is 1.40. The predicted molar refractivity (Wildman–Crippen MR) is 83.5 cm³/mol. The summed E-state index contributed by atoms with van der Waals surface area (Å²) in [5.74, 6) is 0.274. The molecular formula is C16H18N4O3. The summed E-state index contributed by atoms with van der Waals surface area (Å²) in [7, 11) is 0. The molecule has 1 amide bonds. The Morgan fingerprint density at radius 3 is 2.83 bits per heavy atom. The van der Waals surface area contributed by atoms with Crippen LogP contribution in [-0.2, 0) is 9.53 Å². The number of carbonyl (C=O) groups is 1. The van der Waals surface area contributed by atoms with E-state index in [1.807, 2.05) is 16.8 Å². The van der Waals surface area contributed by atoms with Gasteiger partial charge in [0.15, 0.2) is 0 Å². The van der Waals surface area contributed by atoms with Crippen LogP contribution in [0.1, 0.15) is 42.3 Å². The van der Waals surface area contributed by atoms with Gasteiger partial charge in [-0.2, -0.15) is 0 Å². The van der Waals surface area contributed by atoms with Crippen molar-refractivity contribution in [3.8, 4) is 0 Å². The zero-order chi connectivity index (χ0) is 15.8. The average molecular weight is 314 g/mol. The standard InChI is InChI=1S/C16H18N4O3/c21-13-8-12(10-2-1-5-17-9-10)14-15(18-13)20(19-16(14)22)11-3-6-23-7-4-11/h1-2,5,9,11-12H,3-4,6-8H2,(H,18,21)(H,19,22)/t12-/m0/s1. The normalized spacial score (nSPS) is 21.7. The second-order valence-corrected chi connectivity index (χ2v) is 6.01. The second-order valence-electron chi connectivity index (χ2n) is 6.01. The Hall–Kier alpha value is -2.41. The maximum absolute atomic E-state index is 12.5. The molecule has 0 unspecified atom stereocenters. The third-order valence-corrected chi connectivity index (χ3v) is 4.60. The number of amides is 1. The van der Waals surface area contributed by atoms with Gasteiger partial charge in [-0.1, -0.05) is 6.07 Å². The van der Waals surface area contributed by atoms with Crippen LogP contribution in [0.4, 0.5) is 5.82 Å². The van der Waals surface area contributed by atoms with Crippen molar-refractivity contribution in [3.63, 3.8) is 0 Å². The van der Waals surface area contributed by atoms with E-state index in [4.69, 9.17) is 4.74 Å². The van der Waals surface area contributed by atoms with Gasteiger partial charge in [-0.3, -0.25) is 24.4 Å². The molecular weight excluding hydrogens is 296 g/mol. The highest BCUT2D eigenvalue weighted by Gasteiger charge is 2.34. The van der Waals surface area contributed by atoms with Gasteiger partial charge in [0.25, 0.3) is 5.56 Å². The van der Waals surface area contributed by atoms with Gasteiger partial charge in [0.2, 0.25) is 5.91 Å². The molecule has 1 fully saturated rings. The Bertz CT molecular complexity index is 774. The number of H-pyrrole nitrogens is 1. The highest BCUT2D eigenvalue weighted by molar-refractivity contribution is 5.94. The van der Waals surface area contributed by atoms with Crippen LogP contribution in [0.3, 0.4) is 0 Å². The lowest BCUT2D eigenvalue weighted by atomic mass is 9.88. The summed E-state index contributed by atoms with van der Waals surface area (Å²) in [5, 5.41) is 5.79. The molecule has 2 aromatic rings. The number of ether oxygens (including phenoxy) is 1. The van der Waals surface area contributed by atoms with Crippen LogP contribution < -0.4 is 10.9 Å². The summed E-state index contributed by atoms with van der Waals surface area (Å²) < 4.78 is 7.20. The molecule has 2 aliphatic rings. The topological polar surface area (TPSA) is 89.0 Å². The minimum absolute atomic E-state index is 0.0776. The zero-order valence-electron chi connectivity index (χ0n) is 12.6. The first-order valence-corrected chi connectivity index (χ1v) is 7.86. The van der Waals surface area contributed by atoms with Gasteiger partial charge in [-0.25, -0.2) is 0 Å². The van der Waals surface area contributed by atoms with Gasteiger partial charge in [-0.15, -0.1) is 0 Å². The Labute approximate surface area is 132 Å². The lowest BCUT2D eigenvalue weighted by molar-refractivity contribution is -0.116. The van der Waals surface area contributed by atoms with Gasteiger partial charge >= 0.3 is 0 Å².